The van der Waals surface area contributed by atoms with Crippen molar-refractivity contribution in [1.82, 2.24) is 4.98 Å². The Labute approximate surface area is 107 Å². The largest absolute Gasteiger partial charge is 0.481 e. The zero-order valence-corrected chi connectivity index (χ0v) is 9.75. The number of nitrogens with zero attached hydrogens (tertiary/aromatic N) is 1. The van der Waals surface area contributed by atoms with E-state index in [0.29, 0.717) is 16.5 Å². The number of carbonyl (C=O) groups is 2. The van der Waals surface area contributed by atoms with Crippen LogP contribution in [0.3, 0.4) is 0 Å². The number of carboxylic acid groups (broad SMARTS) is 1. The summed E-state index contributed by atoms with van der Waals surface area (Å²) in [4.78, 5) is 35.1. The number of nitro groups is 1. The van der Waals surface area contributed by atoms with E-state index in [4.69, 9.17) is 5.11 Å². The normalized spacial score (nSPS) is 10.5. The Balaban J connectivity index is 2.33. The van der Waals surface area contributed by atoms with E-state index >= 15 is 0 Å². The minimum absolute atomic E-state index is 0.0705. The zero-order valence-electron chi connectivity index (χ0n) is 9.75. The van der Waals surface area contributed by atoms with Crippen molar-refractivity contribution in [3.8, 4) is 0 Å². The van der Waals surface area contributed by atoms with E-state index in [9.17, 15) is 19.7 Å². The summed E-state index contributed by atoms with van der Waals surface area (Å²) in [5, 5.41) is 19.7. The minimum Gasteiger partial charge on any atom is -0.481 e. The lowest BCUT2D eigenvalue weighted by Crippen LogP contribution is -2.03. The summed E-state index contributed by atoms with van der Waals surface area (Å²) in [6.07, 6.45) is 1.11. The number of hydrogen-bond donors (Lipinski definition) is 2. The number of carboxylic acids is 1. The van der Waals surface area contributed by atoms with Gasteiger partial charge in [-0.2, -0.15) is 0 Å². The van der Waals surface area contributed by atoms with Crippen LogP contribution in [-0.2, 0) is 4.79 Å². The van der Waals surface area contributed by atoms with Crippen molar-refractivity contribution in [3.63, 3.8) is 0 Å². The molecule has 0 unspecified atom stereocenters. The van der Waals surface area contributed by atoms with Crippen molar-refractivity contribution >= 4 is 28.3 Å². The van der Waals surface area contributed by atoms with E-state index in [-0.39, 0.29) is 24.3 Å². The van der Waals surface area contributed by atoms with Gasteiger partial charge in [0, 0.05) is 35.7 Å². The fraction of sp³-hybridized carbons (Fsp3) is 0.167. The number of nitrogens with one attached hydrogen (secondary N) is 1. The molecule has 1 aromatic heterocycles. The number of Topliss-reactive ketones (excluding diaryl/α,β-unsaturated/α-hetero) is 1. The highest BCUT2D eigenvalue weighted by atomic mass is 16.6. The molecule has 98 valence electrons. The van der Waals surface area contributed by atoms with E-state index in [1.807, 2.05) is 0 Å². The second-order valence-corrected chi connectivity index (χ2v) is 4.01. The van der Waals surface area contributed by atoms with Gasteiger partial charge in [-0.1, -0.05) is 0 Å². The molecule has 7 nitrogen and oxygen atoms in total. The Bertz CT molecular complexity index is 674. The highest BCUT2D eigenvalue weighted by molar-refractivity contribution is 6.08. The maximum Gasteiger partial charge on any atom is 0.303 e. The summed E-state index contributed by atoms with van der Waals surface area (Å²) < 4.78 is 0. The van der Waals surface area contributed by atoms with Crippen LogP contribution >= 0.6 is 0 Å². The number of carbonyl (C=O) groups excluding carboxylic acids is 1. The molecular formula is C12H10N2O5. The fourth-order valence-electron chi connectivity index (χ4n) is 1.81. The van der Waals surface area contributed by atoms with Crippen LogP contribution in [-0.4, -0.2) is 26.8 Å². The molecule has 2 rings (SSSR count). The molecule has 2 aromatic rings. The van der Waals surface area contributed by atoms with E-state index in [1.165, 1.54) is 24.4 Å². The molecule has 0 aliphatic heterocycles. The van der Waals surface area contributed by atoms with Crippen LogP contribution in [0.5, 0.6) is 0 Å². The number of rotatable bonds is 5. The number of benzene rings is 1. The van der Waals surface area contributed by atoms with Crippen LogP contribution in [0.15, 0.2) is 24.4 Å². The first-order chi connectivity index (χ1) is 8.99. The molecule has 1 aromatic carbocycles. The minimum atomic E-state index is -1.04. The van der Waals surface area contributed by atoms with Crippen molar-refractivity contribution in [3.05, 3.63) is 40.1 Å². The number of aliphatic carboxylic acids is 1. The molecule has 1 heterocycles. The molecule has 0 amide bonds. The van der Waals surface area contributed by atoms with Gasteiger partial charge in [-0.3, -0.25) is 19.7 Å². The number of hydrogen-bond acceptors (Lipinski definition) is 4. The van der Waals surface area contributed by atoms with Gasteiger partial charge in [-0.25, -0.2) is 0 Å². The molecule has 19 heavy (non-hydrogen) atoms. The molecule has 0 bridgehead atoms. The van der Waals surface area contributed by atoms with Crippen molar-refractivity contribution in [1.29, 1.82) is 0 Å². The first kappa shape index (κ1) is 12.7. The van der Waals surface area contributed by atoms with Gasteiger partial charge in [-0.05, 0) is 6.07 Å². The summed E-state index contributed by atoms with van der Waals surface area (Å²) in [5.74, 6) is -1.34. The molecule has 0 atom stereocenters. The maximum absolute atomic E-state index is 11.8. The molecule has 0 fully saturated rings. The van der Waals surface area contributed by atoms with E-state index in [2.05, 4.69) is 4.98 Å². The molecule has 0 spiro atoms. The number of fused-ring (bicyclic) bond motifs is 1. The highest BCUT2D eigenvalue weighted by Crippen LogP contribution is 2.24. The van der Waals surface area contributed by atoms with Crippen LogP contribution in [0, 0.1) is 10.1 Å². The third-order valence-electron chi connectivity index (χ3n) is 2.74. The quantitative estimate of drug-likeness (QED) is 0.486. The summed E-state index contributed by atoms with van der Waals surface area (Å²) in [7, 11) is 0. The number of H-pyrrole nitrogens is 1. The first-order valence-corrected chi connectivity index (χ1v) is 5.49. The summed E-state index contributed by atoms with van der Waals surface area (Å²) in [5.41, 5.74) is 0.762. The predicted octanol–water partition coefficient (Wildman–Crippen LogP) is 2.12. The zero-order chi connectivity index (χ0) is 14.0. The van der Waals surface area contributed by atoms with Crippen molar-refractivity contribution in [2.45, 2.75) is 12.8 Å². The van der Waals surface area contributed by atoms with E-state index in [0.717, 1.165) is 0 Å². The van der Waals surface area contributed by atoms with Gasteiger partial charge in [0.2, 0.25) is 0 Å². The Morgan fingerprint density at radius 2 is 2.05 bits per heavy atom. The van der Waals surface area contributed by atoms with Gasteiger partial charge in [-0.15, -0.1) is 0 Å². The van der Waals surface area contributed by atoms with Crippen LogP contribution in [0.1, 0.15) is 23.2 Å². The van der Waals surface area contributed by atoms with Crippen LogP contribution in [0.4, 0.5) is 5.69 Å². The third kappa shape index (κ3) is 2.59. The standard InChI is InChI=1S/C12H10N2O5/c15-11(3-4-12(16)17)9-6-13-10-5-7(14(18)19)1-2-8(9)10/h1-2,5-6,13H,3-4H2,(H,16,17). The number of aromatic nitrogens is 1. The van der Waals surface area contributed by atoms with Gasteiger partial charge in [0.15, 0.2) is 5.78 Å². The second kappa shape index (κ2) is 4.89. The lowest BCUT2D eigenvalue weighted by atomic mass is 10.1. The van der Waals surface area contributed by atoms with E-state index in [1.54, 1.807) is 0 Å². The average Bonchev–Trinajstić information content (AvgIpc) is 2.78. The number of nitro benzene ring substituents is 1. The fourth-order valence-corrected chi connectivity index (χ4v) is 1.81. The Morgan fingerprint density at radius 1 is 1.32 bits per heavy atom. The topological polar surface area (TPSA) is 113 Å². The Kier molecular flexibility index (Phi) is 3.28. The van der Waals surface area contributed by atoms with Gasteiger partial charge >= 0.3 is 5.97 Å². The summed E-state index contributed by atoms with van der Waals surface area (Å²) in [6.45, 7) is 0. The maximum atomic E-state index is 11.8. The van der Waals surface area contributed by atoms with Crippen LogP contribution in [0.25, 0.3) is 10.9 Å². The molecule has 0 saturated carbocycles. The van der Waals surface area contributed by atoms with Gasteiger partial charge in [0.1, 0.15) is 0 Å². The van der Waals surface area contributed by atoms with Crippen molar-refractivity contribution in [2.75, 3.05) is 0 Å². The third-order valence-corrected chi connectivity index (χ3v) is 2.74. The SMILES string of the molecule is O=C(O)CCC(=O)c1c[nH]c2cc([N+](=O)[O-])ccc12. The first-order valence-electron chi connectivity index (χ1n) is 5.49. The molecule has 7 heteroatoms. The number of ketones is 1. The smallest absolute Gasteiger partial charge is 0.303 e. The van der Waals surface area contributed by atoms with Gasteiger partial charge in [0.05, 0.1) is 16.9 Å². The predicted molar refractivity (Wildman–Crippen MR) is 66.2 cm³/mol. The molecule has 0 aliphatic rings. The second-order valence-electron chi connectivity index (χ2n) is 4.01. The van der Waals surface area contributed by atoms with Crippen LogP contribution in [0.2, 0.25) is 0 Å². The molecule has 2 N–H and O–H groups in total. The lowest BCUT2D eigenvalue weighted by Gasteiger charge is -1.97. The van der Waals surface area contributed by atoms with Crippen molar-refractivity contribution in [2.24, 2.45) is 0 Å². The molecule has 0 aliphatic carbocycles. The summed E-state index contributed by atoms with van der Waals surface area (Å²) >= 11 is 0. The van der Waals surface area contributed by atoms with E-state index < -0.39 is 10.9 Å². The van der Waals surface area contributed by atoms with Gasteiger partial charge < -0.3 is 10.1 Å². The highest BCUT2D eigenvalue weighted by Gasteiger charge is 2.15. The van der Waals surface area contributed by atoms with Crippen LogP contribution < -0.4 is 0 Å². The number of non-ortho nitro benzene ring substituents is 1. The lowest BCUT2D eigenvalue weighted by molar-refractivity contribution is -0.384. The van der Waals surface area contributed by atoms with Gasteiger partial charge in [0.25, 0.3) is 5.69 Å². The molecule has 0 saturated heterocycles. The molecular weight excluding hydrogens is 252 g/mol. The Morgan fingerprint density at radius 3 is 2.68 bits per heavy atom. The molecule has 0 radical (unpaired) electrons. The average molecular weight is 262 g/mol. The number of aromatic amines is 1. The van der Waals surface area contributed by atoms with Crippen molar-refractivity contribution < 1.29 is 19.6 Å². The summed E-state index contributed by atoms with van der Waals surface area (Å²) in [6, 6.07) is 4.13. The Hall–Kier alpha value is -2.70. The monoisotopic (exact) mass is 262 g/mol.